The summed E-state index contributed by atoms with van der Waals surface area (Å²) >= 11 is 0. The second kappa shape index (κ2) is 7.40. The average Bonchev–Trinajstić information content (AvgIpc) is 3.36. The summed E-state index contributed by atoms with van der Waals surface area (Å²) in [6.07, 6.45) is 1.76. The highest BCUT2D eigenvalue weighted by molar-refractivity contribution is 5.85. The first-order valence-corrected chi connectivity index (χ1v) is 9.67. The van der Waals surface area contributed by atoms with Gasteiger partial charge in [0.15, 0.2) is 13.3 Å². The molecule has 1 fully saturated rings. The lowest BCUT2D eigenvalue weighted by Crippen LogP contribution is -2.51. The molecule has 3 N–H and O–H groups in total. The van der Waals surface area contributed by atoms with Gasteiger partial charge in [-0.3, -0.25) is 4.90 Å². The normalized spacial score (nSPS) is 20.5. The van der Waals surface area contributed by atoms with Gasteiger partial charge >= 0.3 is 11.9 Å². The van der Waals surface area contributed by atoms with Crippen LogP contribution in [0.5, 0.6) is 11.5 Å². The first-order valence-electron chi connectivity index (χ1n) is 9.67. The van der Waals surface area contributed by atoms with E-state index in [1.807, 2.05) is 42.2 Å². The topological polar surface area (TPSA) is 106 Å². The first-order chi connectivity index (χ1) is 15.1. The largest absolute Gasteiger partial charge is 0.482 e. The predicted molar refractivity (Wildman–Crippen MR) is 114 cm³/mol. The lowest BCUT2D eigenvalue weighted by atomic mass is 10.2. The number of ether oxygens (including phenoxy) is 3. The van der Waals surface area contributed by atoms with E-state index in [1.165, 1.54) is 7.11 Å². The van der Waals surface area contributed by atoms with Crippen molar-refractivity contribution in [2.24, 2.45) is 4.99 Å². The van der Waals surface area contributed by atoms with Gasteiger partial charge in [-0.05, 0) is 37.3 Å². The summed E-state index contributed by atoms with van der Waals surface area (Å²) in [6.45, 7) is 2.21. The molecule has 0 saturated carbocycles. The third kappa shape index (κ3) is 3.36. The highest BCUT2D eigenvalue weighted by Gasteiger charge is 2.49. The lowest BCUT2D eigenvalue weighted by Gasteiger charge is -2.36. The zero-order valence-electron chi connectivity index (χ0n) is 17.0. The molecule has 0 aliphatic carbocycles. The number of hydrogen-bond acceptors (Lipinski definition) is 10. The zero-order chi connectivity index (χ0) is 21.4. The standard InChI is InChI=1S/C21H21N5O5/c1-13-10-23-21(24-14-4-3-5-16(8-14)29-11-19(27)28-2)26(20(13)25-31-21)15-6-7-18-17(9-15)22-12-30-18/h3-10,22,24-25H,11-12H2,1-2H3. The third-order valence-electron chi connectivity index (χ3n) is 5.06. The fourth-order valence-electron chi connectivity index (χ4n) is 3.53. The fraction of sp³-hybridized carbons (Fsp3) is 0.238. The Morgan fingerprint density at radius 2 is 2.23 bits per heavy atom. The number of fused-ring (bicyclic) bond motifs is 3. The van der Waals surface area contributed by atoms with E-state index in [-0.39, 0.29) is 6.61 Å². The molecule has 2 bridgehead atoms. The van der Waals surface area contributed by atoms with Crippen LogP contribution in [0.1, 0.15) is 6.92 Å². The summed E-state index contributed by atoms with van der Waals surface area (Å²) in [4.78, 5) is 23.9. The number of anilines is 3. The van der Waals surface area contributed by atoms with Crippen LogP contribution < -0.4 is 30.5 Å². The number of rotatable bonds is 6. The van der Waals surface area contributed by atoms with Crippen molar-refractivity contribution in [3.8, 4) is 11.5 Å². The van der Waals surface area contributed by atoms with Crippen LogP contribution in [-0.4, -0.2) is 38.6 Å². The maximum atomic E-state index is 11.4. The summed E-state index contributed by atoms with van der Waals surface area (Å²) in [5.41, 5.74) is 6.36. The second-order valence-electron chi connectivity index (χ2n) is 7.10. The zero-order valence-corrected chi connectivity index (χ0v) is 17.0. The smallest absolute Gasteiger partial charge is 0.351 e. The number of nitrogens with zero attached hydrogens (tertiary/aromatic N) is 2. The van der Waals surface area contributed by atoms with Crippen LogP contribution in [-0.2, 0) is 14.4 Å². The molecule has 31 heavy (non-hydrogen) atoms. The molecule has 0 amide bonds. The van der Waals surface area contributed by atoms with E-state index < -0.39 is 11.9 Å². The van der Waals surface area contributed by atoms with E-state index >= 15 is 0 Å². The summed E-state index contributed by atoms with van der Waals surface area (Å²) in [6, 6.07) is 13.0. The Morgan fingerprint density at radius 3 is 3.10 bits per heavy atom. The molecule has 0 spiro atoms. The third-order valence-corrected chi connectivity index (χ3v) is 5.06. The molecular weight excluding hydrogens is 402 g/mol. The van der Waals surface area contributed by atoms with E-state index in [9.17, 15) is 4.79 Å². The van der Waals surface area contributed by atoms with Crippen LogP contribution in [0.25, 0.3) is 0 Å². The Morgan fingerprint density at radius 1 is 1.32 bits per heavy atom. The monoisotopic (exact) mass is 423 g/mol. The summed E-state index contributed by atoms with van der Waals surface area (Å²) in [5, 5.41) is 6.53. The summed E-state index contributed by atoms with van der Waals surface area (Å²) in [7, 11) is 1.32. The van der Waals surface area contributed by atoms with Crippen LogP contribution in [0.2, 0.25) is 0 Å². The molecular formula is C21H21N5O5. The van der Waals surface area contributed by atoms with Crippen molar-refractivity contribution in [3.05, 3.63) is 53.9 Å². The molecule has 3 aliphatic heterocycles. The van der Waals surface area contributed by atoms with Crippen LogP contribution in [0.3, 0.4) is 0 Å². The average molecular weight is 423 g/mol. The second-order valence-corrected chi connectivity index (χ2v) is 7.10. The highest BCUT2D eigenvalue weighted by atomic mass is 16.7. The molecule has 1 atom stereocenters. The van der Waals surface area contributed by atoms with Crippen molar-refractivity contribution < 1.29 is 23.8 Å². The maximum Gasteiger partial charge on any atom is 0.351 e. The number of methoxy groups -OCH3 is 1. The van der Waals surface area contributed by atoms with Crippen molar-refractivity contribution in [3.63, 3.8) is 0 Å². The Labute approximate surface area is 178 Å². The van der Waals surface area contributed by atoms with Crippen LogP contribution >= 0.6 is 0 Å². The van der Waals surface area contributed by atoms with Crippen LogP contribution in [0.4, 0.5) is 17.1 Å². The minimum absolute atomic E-state index is 0.177. The fourth-order valence-corrected chi connectivity index (χ4v) is 3.53. The summed E-state index contributed by atoms with van der Waals surface area (Å²) in [5.74, 6) is 0.384. The first kappa shape index (κ1) is 19.1. The molecule has 5 rings (SSSR count). The van der Waals surface area contributed by atoms with Gasteiger partial charge in [0.1, 0.15) is 17.3 Å². The number of aliphatic imine (C=N–C) groups is 1. The van der Waals surface area contributed by atoms with Gasteiger partial charge in [0.2, 0.25) is 0 Å². The van der Waals surface area contributed by atoms with E-state index in [1.54, 1.807) is 18.3 Å². The molecule has 2 aromatic rings. The quantitative estimate of drug-likeness (QED) is 0.604. The lowest BCUT2D eigenvalue weighted by molar-refractivity contribution is -0.142. The molecule has 10 nitrogen and oxygen atoms in total. The van der Waals surface area contributed by atoms with Gasteiger partial charge in [0.25, 0.3) is 0 Å². The number of hydrogen-bond donors (Lipinski definition) is 3. The van der Waals surface area contributed by atoms with Crippen molar-refractivity contribution >= 4 is 29.2 Å². The van der Waals surface area contributed by atoms with Crippen molar-refractivity contribution in [2.75, 3.05) is 36.0 Å². The number of benzene rings is 2. The number of hydroxylamine groups is 1. The van der Waals surface area contributed by atoms with E-state index in [0.717, 1.165) is 28.5 Å². The van der Waals surface area contributed by atoms with Gasteiger partial charge in [-0.2, -0.15) is 0 Å². The molecule has 160 valence electrons. The van der Waals surface area contributed by atoms with Gasteiger partial charge in [0, 0.05) is 23.5 Å². The van der Waals surface area contributed by atoms with E-state index in [4.69, 9.17) is 14.3 Å². The minimum atomic E-state index is -1.25. The molecule has 1 saturated heterocycles. The number of esters is 1. The highest BCUT2D eigenvalue weighted by Crippen LogP contribution is 2.42. The van der Waals surface area contributed by atoms with Gasteiger partial charge in [0.05, 0.1) is 18.5 Å². The SMILES string of the molecule is COC(=O)COc1cccc(NC23N=CC(C)=C(NO2)N3c2ccc3c(c2)NCO3)c1. The predicted octanol–water partition coefficient (Wildman–Crippen LogP) is 2.38. The van der Waals surface area contributed by atoms with Gasteiger partial charge in [-0.15, -0.1) is 0 Å². The molecule has 1 unspecified atom stereocenters. The number of carbonyl (C=O) groups excluding carboxylic acids is 1. The minimum Gasteiger partial charge on any atom is -0.482 e. The number of allylic oxidation sites excluding steroid dienone is 1. The molecule has 2 aromatic carbocycles. The Hall–Kier alpha value is -3.92. The van der Waals surface area contributed by atoms with Crippen LogP contribution in [0, 0.1) is 0 Å². The van der Waals surface area contributed by atoms with E-state index in [0.29, 0.717) is 18.2 Å². The maximum absolute atomic E-state index is 11.4. The Bertz CT molecular complexity index is 1100. The van der Waals surface area contributed by atoms with Crippen molar-refractivity contribution in [1.29, 1.82) is 0 Å². The number of nitrogens with one attached hydrogen (secondary N) is 3. The molecule has 0 aromatic heterocycles. The van der Waals surface area contributed by atoms with Crippen molar-refractivity contribution in [2.45, 2.75) is 12.9 Å². The summed E-state index contributed by atoms with van der Waals surface area (Å²) < 4.78 is 15.6. The molecule has 3 aliphatic rings. The van der Waals surface area contributed by atoms with Gasteiger partial charge in [-0.25, -0.2) is 20.1 Å². The molecule has 0 radical (unpaired) electrons. The Balaban J connectivity index is 1.45. The Kier molecular flexibility index (Phi) is 4.55. The molecule has 3 heterocycles. The van der Waals surface area contributed by atoms with Gasteiger partial charge in [-0.1, -0.05) is 6.07 Å². The van der Waals surface area contributed by atoms with Gasteiger partial charge < -0.3 is 24.8 Å². The van der Waals surface area contributed by atoms with Crippen molar-refractivity contribution in [1.82, 2.24) is 5.48 Å². The van der Waals surface area contributed by atoms with Crippen LogP contribution in [0.15, 0.2) is 58.9 Å². The van der Waals surface area contributed by atoms with E-state index in [2.05, 4.69) is 25.8 Å². The molecule has 10 heteroatoms. The number of carbonyl (C=O) groups is 1.